The molecule has 0 saturated carbocycles. The molecule has 0 amide bonds. The van der Waals surface area contributed by atoms with Crippen molar-refractivity contribution in [3.8, 4) is 56.7 Å². The summed E-state index contributed by atoms with van der Waals surface area (Å²) >= 11 is 0. The average Bonchev–Trinajstić information content (AvgIpc) is 3.94. The molecule has 0 fully saturated rings. The fourth-order valence-corrected chi connectivity index (χ4v) is 9.91. The number of anilines is 3. The van der Waals surface area contributed by atoms with E-state index in [1.165, 1.54) is 43.7 Å². The van der Waals surface area contributed by atoms with E-state index in [2.05, 4.69) is 208 Å². The fourth-order valence-electron chi connectivity index (χ4n) is 9.91. The Morgan fingerprint density at radius 1 is 0.246 bits per heavy atom. The monoisotopic (exact) mass is 882 g/mol. The Morgan fingerprint density at radius 3 is 1.00 bits per heavy atom. The van der Waals surface area contributed by atoms with E-state index >= 15 is 0 Å². The molecule has 324 valence electrons. The van der Waals surface area contributed by atoms with Crippen molar-refractivity contribution in [3.63, 3.8) is 0 Å². The summed E-state index contributed by atoms with van der Waals surface area (Å²) in [6.07, 6.45) is 0. The topological polar surface area (TPSA) is 51.8 Å². The van der Waals surface area contributed by atoms with Crippen LogP contribution in [0, 0.1) is 0 Å². The largest absolute Gasteiger partial charge is 0.311 e. The molecule has 0 N–H and O–H groups in total. The Labute approximate surface area is 399 Å². The van der Waals surface area contributed by atoms with Gasteiger partial charge in [0.1, 0.15) is 0 Å². The maximum atomic E-state index is 4.98. The molecule has 0 spiro atoms. The summed E-state index contributed by atoms with van der Waals surface area (Å²) in [5, 5.41) is 4.84. The van der Waals surface area contributed by atoms with Gasteiger partial charge in [0.2, 0.25) is 0 Å². The van der Waals surface area contributed by atoms with Gasteiger partial charge in [-0.25, -0.2) is 15.0 Å². The molecular formula is C63H42N6. The van der Waals surface area contributed by atoms with E-state index in [1.807, 2.05) is 60.7 Å². The van der Waals surface area contributed by atoms with Gasteiger partial charge in [0, 0.05) is 66.7 Å². The van der Waals surface area contributed by atoms with Crippen molar-refractivity contribution >= 4 is 60.7 Å². The van der Waals surface area contributed by atoms with Gasteiger partial charge in [0.05, 0.1) is 22.1 Å². The van der Waals surface area contributed by atoms with Gasteiger partial charge in [-0.2, -0.15) is 0 Å². The molecule has 10 aromatic carbocycles. The van der Waals surface area contributed by atoms with Crippen LogP contribution in [0.25, 0.3) is 100 Å². The van der Waals surface area contributed by atoms with E-state index in [1.54, 1.807) is 0 Å². The number of hydrogen-bond donors (Lipinski definition) is 0. The first-order chi connectivity index (χ1) is 34.2. The van der Waals surface area contributed by atoms with Gasteiger partial charge in [-0.3, -0.25) is 0 Å². The first-order valence-electron chi connectivity index (χ1n) is 23.3. The molecule has 0 aliphatic rings. The van der Waals surface area contributed by atoms with E-state index in [4.69, 9.17) is 15.0 Å². The smallest absolute Gasteiger partial charge is 0.164 e. The highest BCUT2D eigenvalue weighted by Crippen LogP contribution is 2.40. The van der Waals surface area contributed by atoms with Gasteiger partial charge in [0.15, 0.2) is 17.5 Å². The van der Waals surface area contributed by atoms with E-state index in [0.29, 0.717) is 17.5 Å². The maximum Gasteiger partial charge on any atom is 0.164 e. The van der Waals surface area contributed by atoms with Gasteiger partial charge in [0.25, 0.3) is 0 Å². The van der Waals surface area contributed by atoms with Crippen LogP contribution in [0.15, 0.2) is 255 Å². The van der Waals surface area contributed by atoms with Crippen LogP contribution in [0.5, 0.6) is 0 Å². The van der Waals surface area contributed by atoms with Crippen molar-refractivity contribution in [2.75, 3.05) is 4.90 Å². The van der Waals surface area contributed by atoms with Crippen LogP contribution in [-0.4, -0.2) is 24.1 Å². The van der Waals surface area contributed by atoms with Gasteiger partial charge in [-0.1, -0.05) is 146 Å². The fraction of sp³-hybridized carbons (Fsp3) is 0. The van der Waals surface area contributed by atoms with Crippen LogP contribution in [0.4, 0.5) is 17.1 Å². The Morgan fingerprint density at radius 2 is 0.565 bits per heavy atom. The lowest BCUT2D eigenvalue weighted by Crippen LogP contribution is -2.09. The maximum absolute atomic E-state index is 4.98. The normalized spacial score (nSPS) is 11.5. The van der Waals surface area contributed by atoms with Crippen molar-refractivity contribution in [2.24, 2.45) is 0 Å². The number of nitrogens with zero attached hydrogens (tertiary/aromatic N) is 6. The average molecular weight is 883 g/mol. The highest BCUT2D eigenvalue weighted by atomic mass is 15.1. The Balaban J connectivity index is 0.864. The lowest BCUT2D eigenvalue weighted by molar-refractivity contribution is 1.07. The molecule has 3 heterocycles. The third-order valence-electron chi connectivity index (χ3n) is 13.2. The van der Waals surface area contributed by atoms with Crippen LogP contribution in [0.2, 0.25) is 0 Å². The van der Waals surface area contributed by atoms with E-state index in [9.17, 15) is 0 Å². The van der Waals surface area contributed by atoms with Gasteiger partial charge in [-0.15, -0.1) is 0 Å². The van der Waals surface area contributed by atoms with Crippen molar-refractivity contribution < 1.29 is 0 Å². The number of rotatable bonds is 9. The number of aromatic nitrogens is 5. The Kier molecular flexibility index (Phi) is 9.72. The molecule has 13 aromatic rings. The van der Waals surface area contributed by atoms with Gasteiger partial charge >= 0.3 is 0 Å². The standard InChI is InChI=1S/C63H42N6/c1-5-17-43(18-6-1)61-64-62(44-19-7-2-8-20-44)66-63(65-61)45-29-33-51(34-30-45)68-57-27-15-13-25-53(57)55-41-46(31-39-59(55)68)47-32-40-60-56(42-47)54-26-14-16-28-58(54)69(60)52-37-35-50(36-38-52)67(48-21-9-3-10-22-48)49-23-11-4-12-24-49/h1-42H. The lowest BCUT2D eigenvalue weighted by atomic mass is 10.0. The molecule has 0 unspecified atom stereocenters. The van der Waals surface area contributed by atoms with Crippen molar-refractivity contribution in [1.29, 1.82) is 0 Å². The molecule has 6 heteroatoms. The number of benzene rings is 10. The second-order valence-electron chi connectivity index (χ2n) is 17.3. The molecule has 0 aliphatic heterocycles. The molecule has 0 saturated heterocycles. The van der Waals surface area contributed by atoms with Crippen LogP contribution < -0.4 is 4.90 Å². The summed E-state index contributed by atoms with van der Waals surface area (Å²) in [5.74, 6) is 1.92. The molecular weight excluding hydrogens is 841 g/mol. The van der Waals surface area contributed by atoms with E-state index in [-0.39, 0.29) is 0 Å². The molecule has 6 nitrogen and oxygen atoms in total. The highest BCUT2D eigenvalue weighted by Gasteiger charge is 2.19. The molecule has 0 radical (unpaired) electrons. The Bertz CT molecular complexity index is 3880. The molecule has 3 aromatic heterocycles. The SMILES string of the molecule is c1ccc(-c2nc(-c3ccccc3)nc(-c3ccc(-n4c5ccccc5c5cc(-c6ccc7c(c6)c6ccccc6n7-c6ccc(N(c7ccccc7)c7ccccc7)cc6)ccc54)cc3)n2)cc1. The van der Waals surface area contributed by atoms with Gasteiger partial charge < -0.3 is 14.0 Å². The van der Waals surface area contributed by atoms with Crippen LogP contribution in [-0.2, 0) is 0 Å². The minimum Gasteiger partial charge on any atom is -0.311 e. The first-order valence-corrected chi connectivity index (χ1v) is 23.3. The summed E-state index contributed by atoms with van der Waals surface area (Å²) < 4.78 is 4.75. The Hall–Kier alpha value is -9.39. The zero-order valence-corrected chi connectivity index (χ0v) is 37.4. The summed E-state index contributed by atoms with van der Waals surface area (Å²) in [6, 6.07) is 90.0. The molecule has 13 rings (SSSR count). The quantitative estimate of drug-likeness (QED) is 0.145. The summed E-state index contributed by atoms with van der Waals surface area (Å²) in [5.41, 5.74) is 15.3. The third-order valence-corrected chi connectivity index (χ3v) is 13.2. The highest BCUT2D eigenvalue weighted by molar-refractivity contribution is 6.12. The second kappa shape index (κ2) is 16.8. The number of fused-ring (bicyclic) bond motifs is 6. The van der Waals surface area contributed by atoms with Crippen molar-refractivity contribution in [3.05, 3.63) is 255 Å². The zero-order valence-electron chi connectivity index (χ0n) is 37.4. The number of hydrogen-bond acceptors (Lipinski definition) is 4. The van der Waals surface area contributed by atoms with Crippen molar-refractivity contribution in [1.82, 2.24) is 24.1 Å². The molecule has 0 aliphatic carbocycles. The number of para-hydroxylation sites is 4. The summed E-state index contributed by atoms with van der Waals surface area (Å²) in [7, 11) is 0. The summed E-state index contributed by atoms with van der Waals surface area (Å²) in [6.45, 7) is 0. The molecule has 69 heavy (non-hydrogen) atoms. The minimum absolute atomic E-state index is 0.633. The van der Waals surface area contributed by atoms with Crippen LogP contribution in [0.1, 0.15) is 0 Å². The predicted molar refractivity (Wildman–Crippen MR) is 285 cm³/mol. The zero-order chi connectivity index (χ0) is 45.7. The third kappa shape index (κ3) is 7.10. The predicted octanol–water partition coefficient (Wildman–Crippen LogP) is 16.2. The van der Waals surface area contributed by atoms with Crippen molar-refractivity contribution in [2.45, 2.75) is 0 Å². The minimum atomic E-state index is 0.633. The first kappa shape index (κ1) is 39.9. The van der Waals surface area contributed by atoms with E-state index in [0.717, 1.165) is 56.2 Å². The molecule has 0 bridgehead atoms. The van der Waals surface area contributed by atoms with Gasteiger partial charge in [-0.05, 0) is 120 Å². The van der Waals surface area contributed by atoms with Crippen LogP contribution in [0.3, 0.4) is 0 Å². The molecule has 0 atom stereocenters. The summed E-state index contributed by atoms with van der Waals surface area (Å²) in [4.78, 5) is 17.1. The van der Waals surface area contributed by atoms with E-state index < -0.39 is 0 Å². The lowest BCUT2D eigenvalue weighted by Gasteiger charge is -2.25. The second-order valence-corrected chi connectivity index (χ2v) is 17.3. The van der Waals surface area contributed by atoms with Crippen LogP contribution >= 0.6 is 0 Å².